The predicted octanol–water partition coefficient (Wildman–Crippen LogP) is 8.17. The molecule has 0 aromatic carbocycles. The number of hydrogen-bond donors (Lipinski definition) is 0. The molecule has 1 heterocycles. The van der Waals surface area contributed by atoms with E-state index < -0.39 is 0 Å². The van der Waals surface area contributed by atoms with E-state index in [-0.39, 0.29) is 5.41 Å². The molecule has 0 bridgehead atoms. The second-order valence-corrected chi connectivity index (χ2v) is 14.0. The molecule has 34 heavy (non-hydrogen) atoms. The smallest absolute Gasteiger partial charge is 0.155 e. The molecule has 2 heteroatoms. The number of rotatable bonds is 4. The van der Waals surface area contributed by atoms with E-state index in [2.05, 4.69) is 54.2 Å². The third kappa shape index (κ3) is 3.80. The summed E-state index contributed by atoms with van der Waals surface area (Å²) in [4.78, 5) is 12.2. The van der Waals surface area contributed by atoms with Gasteiger partial charge in [-0.3, -0.25) is 4.79 Å². The zero-order valence-corrected chi connectivity index (χ0v) is 22.9. The fraction of sp³-hybridized carbons (Fsp3) is 0.844. The Labute approximate surface area is 209 Å². The lowest BCUT2D eigenvalue weighted by atomic mass is 9.46. The summed E-state index contributed by atoms with van der Waals surface area (Å²) in [6.45, 7) is 19.0. The van der Waals surface area contributed by atoms with Crippen molar-refractivity contribution >= 4 is 5.78 Å². The molecule has 5 rings (SSSR count). The van der Waals surface area contributed by atoms with Crippen molar-refractivity contribution in [3.63, 3.8) is 0 Å². The van der Waals surface area contributed by atoms with Crippen LogP contribution in [0.3, 0.4) is 0 Å². The summed E-state index contributed by atoms with van der Waals surface area (Å²) in [5, 5.41) is 0. The van der Waals surface area contributed by atoms with Gasteiger partial charge in [0.2, 0.25) is 0 Å². The Hall–Kier alpha value is -0.890. The van der Waals surface area contributed by atoms with Crippen LogP contribution in [-0.2, 0) is 9.53 Å². The lowest BCUT2D eigenvalue weighted by Crippen LogP contribution is -2.52. The van der Waals surface area contributed by atoms with Gasteiger partial charge in [-0.2, -0.15) is 0 Å². The Kier molecular flexibility index (Phi) is 6.48. The fourth-order valence-electron chi connectivity index (χ4n) is 10.1. The van der Waals surface area contributed by atoms with Gasteiger partial charge < -0.3 is 4.74 Å². The Morgan fingerprint density at radius 1 is 1.00 bits per heavy atom. The summed E-state index contributed by atoms with van der Waals surface area (Å²) in [5.41, 5.74) is 3.55. The van der Waals surface area contributed by atoms with E-state index in [0.717, 1.165) is 42.9 Å². The van der Waals surface area contributed by atoms with Crippen molar-refractivity contribution in [2.75, 3.05) is 0 Å². The van der Waals surface area contributed by atoms with Crippen molar-refractivity contribution in [2.45, 2.75) is 118 Å². The van der Waals surface area contributed by atoms with Crippen LogP contribution < -0.4 is 0 Å². The van der Waals surface area contributed by atoms with Gasteiger partial charge in [0.05, 0.1) is 12.2 Å². The molecule has 0 radical (unpaired) electrons. The van der Waals surface area contributed by atoms with Gasteiger partial charge in [-0.1, -0.05) is 52.3 Å². The first kappa shape index (κ1) is 24.8. The average Bonchev–Trinajstić information content (AvgIpc) is 3.15. The first-order valence-electron chi connectivity index (χ1n) is 14.6. The van der Waals surface area contributed by atoms with Gasteiger partial charge in [-0.25, -0.2) is 0 Å². The summed E-state index contributed by atoms with van der Waals surface area (Å²) >= 11 is 0. The zero-order valence-electron chi connectivity index (χ0n) is 22.9. The maximum absolute atomic E-state index is 12.2. The average molecular weight is 467 g/mol. The van der Waals surface area contributed by atoms with Gasteiger partial charge in [0.25, 0.3) is 0 Å². The van der Waals surface area contributed by atoms with E-state index in [1.165, 1.54) is 56.1 Å². The highest BCUT2D eigenvalue weighted by atomic mass is 16.5. The largest absolute Gasteiger partial charge is 0.374 e. The molecule has 10 atom stereocenters. The molecule has 1 aliphatic heterocycles. The third-order valence-electron chi connectivity index (χ3n) is 12.1. The van der Waals surface area contributed by atoms with Crippen LogP contribution in [0.5, 0.6) is 0 Å². The van der Waals surface area contributed by atoms with Crippen LogP contribution in [-0.4, -0.2) is 18.0 Å². The minimum atomic E-state index is 0.282. The summed E-state index contributed by atoms with van der Waals surface area (Å²) in [6.07, 6.45) is 15.0. The highest BCUT2D eigenvalue weighted by Crippen LogP contribution is 2.68. The van der Waals surface area contributed by atoms with Crippen LogP contribution in [0.4, 0.5) is 0 Å². The quantitative estimate of drug-likeness (QED) is 0.391. The number of hydrogen-bond acceptors (Lipinski definition) is 2. The molecule has 4 fully saturated rings. The van der Waals surface area contributed by atoms with E-state index in [9.17, 15) is 4.79 Å². The van der Waals surface area contributed by atoms with Gasteiger partial charge in [0.1, 0.15) is 0 Å². The minimum Gasteiger partial charge on any atom is -0.374 e. The van der Waals surface area contributed by atoms with Gasteiger partial charge in [-0.15, -0.1) is 0 Å². The number of fused-ring (bicyclic) bond motifs is 5. The van der Waals surface area contributed by atoms with Crippen LogP contribution >= 0.6 is 0 Å². The maximum atomic E-state index is 12.2. The van der Waals surface area contributed by atoms with Crippen LogP contribution in [0.15, 0.2) is 23.8 Å². The minimum absolute atomic E-state index is 0.282. The number of carbonyl (C=O) groups excluding carboxylic acids is 1. The standard InChI is InChI=1S/C32H50O2/c1-19(2)24-10-13-29(20(3)4)34-30(24)21(5)26-11-12-27-25-9-8-22-18-23(33)14-16-31(22,6)28(25)15-17-32(26,27)7/h18,20-21,24-30H,1,8-17H2,2-7H3/t21-,24-,25+,26-,27+,28+,29-,30-,31+,32-/m1/s1. The molecule has 2 nitrogen and oxygen atoms in total. The van der Waals surface area contributed by atoms with Crippen molar-refractivity contribution in [1.82, 2.24) is 0 Å². The zero-order chi connectivity index (χ0) is 24.4. The first-order chi connectivity index (χ1) is 16.1. The van der Waals surface area contributed by atoms with Gasteiger partial charge in [-0.05, 0) is 117 Å². The Balaban J connectivity index is 1.38. The lowest BCUT2D eigenvalue weighted by Gasteiger charge is -2.59. The summed E-state index contributed by atoms with van der Waals surface area (Å²) in [5.74, 6) is 5.32. The number of ether oxygens (including phenoxy) is 1. The molecule has 0 N–H and O–H groups in total. The molecule has 5 aliphatic rings. The lowest BCUT2D eigenvalue weighted by molar-refractivity contribution is -0.140. The van der Waals surface area contributed by atoms with E-state index in [4.69, 9.17) is 4.74 Å². The van der Waals surface area contributed by atoms with Crippen molar-refractivity contribution in [3.05, 3.63) is 23.8 Å². The third-order valence-corrected chi connectivity index (χ3v) is 12.1. The first-order valence-corrected chi connectivity index (χ1v) is 14.6. The van der Waals surface area contributed by atoms with Gasteiger partial charge >= 0.3 is 0 Å². The second-order valence-electron chi connectivity index (χ2n) is 14.0. The van der Waals surface area contributed by atoms with Crippen LogP contribution in [0, 0.1) is 52.3 Å². The van der Waals surface area contributed by atoms with Crippen LogP contribution in [0.2, 0.25) is 0 Å². The Morgan fingerprint density at radius 2 is 1.76 bits per heavy atom. The molecule has 4 aliphatic carbocycles. The van der Waals surface area contributed by atoms with Crippen LogP contribution in [0.1, 0.15) is 106 Å². The SMILES string of the molecule is C=C(C)[C@H]1CC[C@H](C(C)C)O[C@@H]1[C@H](C)[C@H]1CC[C@H]2[C@@H]3CCC4=CC(=O)CC[C@]4(C)[C@H]3CC[C@]12C. The number of carbonyl (C=O) groups is 1. The summed E-state index contributed by atoms with van der Waals surface area (Å²) < 4.78 is 6.92. The highest BCUT2D eigenvalue weighted by Gasteiger charge is 2.60. The van der Waals surface area contributed by atoms with E-state index in [1.54, 1.807) is 0 Å². The van der Waals surface area contributed by atoms with Gasteiger partial charge in [0.15, 0.2) is 5.78 Å². The molecule has 0 amide bonds. The molecule has 0 aromatic rings. The van der Waals surface area contributed by atoms with E-state index >= 15 is 0 Å². The monoisotopic (exact) mass is 466 g/mol. The molecule has 1 saturated heterocycles. The fourth-order valence-corrected chi connectivity index (χ4v) is 10.1. The Morgan fingerprint density at radius 3 is 2.47 bits per heavy atom. The molecule has 3 saturated carbocycles. The van der Waals surface area contributed by atoms with Gasteiger partial charge in [0, 0.05) is 12.3 Å². The molecule has 0 spiro atoms. The Bertz CT molecular complexity index is 853. The van der Waals surface area contributed by atoms with E-state index in [1.807, 2.05) is 0 Å². The van der Waals surface area contributed by atoms with Crippen LogP contribution in [0.25, 0.3) is 0 Å². The van der Waals surface area contributed by atoms with Crippen molar-refractivity contribution < 1.29 is 9.53 Å². The van der Waals surface area contributed by atoms with Crippen molar-refractivity contribution in [2.24, 2.45) is 52.3 Å². The normalized spacial score (nSPS) is 47.4. The number of ketones is 1. The number of allylic oxidation sites excluding steroid dienone is 1. The topological polar surface area (TPSA) is 26.3 Å². The molecule has 190 valence electrons. The predicted molar refractivity (Wildman–Crippen MR) is 140 cm³/mol. The second kappa shape index (κ2) is 8.89. The summed E-state index contributed by atoms with van der Waals surface area (Å²) in [6, 6.07) is 0. The molecule has 0 aromatic heterocycles. The van der Waals surface area contributed by atoms with Crippen molar-refractivity contribution in [1.29, 1.82) is 0 Å². The molecular weight excluding hydrogens is 416 g/mol. The highest BCUT2D eigenvalue weighted by molar-refractivity contribution is 5.91. The molecule has 0 unspecified atom stereocenters. The maximum Gasteiger partial charge on any atom is 0.155 e. The van der Waals surface area contributed by atoms with Crippen molar-refractivity contribution in [3.8, 4) is 0 Å². The van der Waals surface area contributed by atoms with E-state index in [0.29, 0.717) is 41.2 Å². The molecular formula is C32H50O2. The summed E-state index contributed by atoms with van der Waals surface area (Å²) in [7, 11) is 0.